The van der Waals surface area contributed by atoms with Crippen LogP contribution in [0.1, 0.15) is 5.56 Å². The number of carboxylic acids is 1. The van der Waals surface area contributed by atoms with Gasteiger partial charge in [0.15, 0.2) is 9.84 Å². The minimum absolute atomic E-state index is 0.0652. The molecule has 1 rings (SSSR count). The van der Waals surface area contributed by atoms with Gasteiger partial charge in [-0.3, -0.25) is 9.69 Å². The number of sulfone groups is 1. The number of hydrogen-bond donors (Lipinski definition) is 1. The van der Waals surface area contributed by atoms with Crippen molar-refractivity contribution in [1.29, 1.82) is 5.26 Å². The van der Waals surface area contributed by atoms with Crippen LogP contribution in [0.3, 0.4) is 0 Å². The number of hydrogen-bond acceptors (Lipinski definition) is 5. The maximum atomic E-state index is 12.2. The van der Waals surface area contributed by atoms with Crippen LogP contribution < -0.4 is 0 Å². The van der Waals surface area contributed by atoms with Gasteiger partial charge in [-0.15, -0.1) is 6.58 Å². The van der Waals surface area contributed by atoms with Crippen molar-refractivity contribution in [2.24, 2.45) is 0 Å². The van der Waals surface area contributed by atoms with Gasteiger partial charge in [-0.1, -0.05) is 12.1 Å². The zero-order chi connectivity index (χ0) is 15.9. The molecule has 1 aromatic rings. The van der Waals surface area contributed by atoms with E-state index < -0.39 is 15.8 Å². The monoisotopic (exact) mass is 308 g/mol. The van der Waals surface area contributed by atoms with Gasteiger partial charge in [0.25, 0.3) is 0 Å². The van der Waals surface area contributed by atoms with Crippen molar-refractivity contribution >= 4 is 15.8 Å². The molecule has 6 nitrogen and oxygen atoms in total. The Bertz CT molecular complexity index is 662. The third-order valence-electron chi connectivity index (χ3n) is 2.74. The highest BCUT2D eigenvalue weighted by Gasteiger charge is 2.17. The number of aliphatic carboxylic acids is 1. The lowest BCUT2D eigenvalue weighted by atomic mass is 10.2. The zero-order valence-electron chi connectivity index (χ0n) is 11.4. The number of nitriles is 1. The Morgan fingerprint density at radius 3 is 2.76 bits per heavy atom. The first-order chi connectivity index (χ1) is 9.89. The fourth-order valence-corrected chi connectivity index (χ4v) is 3.06. The highest BCUT2D eigenvalue weighted by atomic mass is 32.2. The second-order valence-corrected chi connectivity index (χ2v) is 6.49. The number of carboxylic acid groups (broad SMARTS) is 1. The maximum absolute atomic E-state index is 12.2. The predicted octanol–water partition coefficient (Wildman–Crippen LogP) is 0.905. The van der Waals surface area contributed by atoms with Crippen molar-refractivity contribution in [3.8, 4) is 6.07 Å². The van der Waals surface area contributed by atoms with Crippen LogP contribution in [0.15, 0.2) is 41.8 Å². The Morgan fingerprint density at radius 2 is 2.19 bits per heavy atom. The molecule has 0 heterocycles. The molecule has 21 heavy (non-hydrogen) atoms. The van der Waals surface area contributed by atoms with Gasteiger partial charge in [-0.25, -0.2) is 8.42 Å². The molecule has 0 bridgehead atoms. The Labute approximate surface area is 123 Å². The molecular weight excluding hydrogens is 292 g/mol. The van der Waals surface area contributed by atoms with Gasteiger partial charge >= 0.3 is 5.97 Å². The standard InChI is InChI=1S/C14H16N2O4S/c1-2-6-16(11-14(17)18)7-8-21(19,20)13-5-3-4-12(9-13)10-15/h2-5,9H,1,6-8,11H2,(H,17,18). The summed E-state index contributed by atoms with van der Waals surface area (Å²) in [4.78, 5) is 12.2. The van der Waals surface area contributed by atoms with E-state index in [4.69, 9.17) is 10.4 Å². The van der Waals surface area contributed by atoms with E-state index in [0.29, 0.717) is 6.54 Å². The van der Waals surface area contributed by atoms with Gasteiger partial charge < -0.3 is 5.11 Å². The van der Waals surface area contributed by atoms with Crippen LogP contribution in [0.25, 0.3) is 0 Å². The number of rotatable bonds is 8. The summed E-state index contributed by atoms with van der Waals surface area (Å²) < 4.78 is 24.4. The lowest BCUT2D eigenvalue weighted by Gasteiger charge is -2.18. The highest BCUT2D eigenvalue weighted by molar-refractivity contribution is 7.91. The second kappa shape index (κ2) is 7.57. The molecule has 0 spiro atoms. The van der Waals surface area contributed by atoms with E-state index in [9.17, 15) is 13.2 Å². The molecule has 0 atom stereocenters. The molecule has 0 aliphatic carbocycles. The fourth-order valence-electron chi connectivity index (χ4n) is 1.73. The summed E-state index contributed by atoms with van der Waals surface area (Å²) in [7, 11) is -3.56. The Kier molecular flexibility index (Phi) is 6.09. The van der Waals surface area contributed by atoms with Crippen molar-refractivity contribution in [3.63, 3.8) is 0 Å². The summed E-state index contributed by atoms with van der Waals surface area (Å²) in [6.07, 6.45) is 1.52. The van der Waals surface area contributed by atoms with Gasteiger partial charge in [0.05, 0.1) is 28.8 Å². The van der Waals surface area contributed by atoms with Crippen LogP contribution in [0.4, 0.5) is 0 Å². The molecule has 0 unspecified atom stereocenters. The van der Waals surface area contributed by atoms with Crippen LogP contribution in [0, 0.1) is 11.3 Å². The first-order valence-electron chi connectivity index (χ1n) is 6.17. The maximum Gasteiger partial charge on any atom is 0.317 e. The van der Waals surface area contributed by atoms with Crippen molar-refractivity contribution in [2.75, 3.05) is 25.4 Å². The van der Waals surface area contributed by atoms with Crippen LogP contribution >= 0.6 is 0 Å². The minimum Gasteiger partial charge on any atom is -0.480 e. The Morgan fingerprint density at radius 1 is 1.48 bits per heavy atom. The van der Waals surface area contributed by atoms with Gasteiger partial charge in [0.1, 0.15) is 0 Å². The largest absolute Gasteiger partial charge is 0.480 e. The van der Waals surface area contributed by atoms with Crippen molar-refractivity contribution < 1.29 is 18.3 Å². The molecule has 0 amide bonds. The van der Waals surface area contributed by atoms with Gasteiger partial charge in [-0.2, -0.15) is 5.26 Å². The van der Waals surface area contributed by atoms with Gasteiger partial charge in [-0.05, 0) is 18.2 Å². The quantitative estimate of drug-likeness (QED) is 0.717. The lowest BCUT2D eigenvalue weighted by molar-refractivity contribution is -0.138. The predicted molar refractivity (Wildman–Crippen MR) is 77.5 cm³/mol. The van der Waals surface area contributed by atoms with Crippen molar-refractivity contribution in [2.45, 2.75) is 4.90 Å². The molecule has 1 aromatic carbocycles. The third-order valence-corrected chi connectivity index (χ3v) is 4.44. The van der Waals surface area contributed by atoms with E-state index >= 15 is 0 Å². The first kappa shape index (κ1) is 16.9. The molecule has 0 saturated heterocycles. The smallest absolute Gasteiger partial charge is 0.317 e. The first-order valence-corrected chi connectivity index (χ1v) is 7.82. The summed E-state index contributed by atoms with van der Waals surface area (Å²) in [6.45, 7) is 3.64. The SMILES string of the molecule is C=CCN(CCS(=O)(=O)c1cccc(C#N)c1)CC(=O)O. The molecule has 0 aromatic heterocycles. The average molecular weight is 308 g/mol. The van der Waals surface area contributed by atoms with Crippen LogP contribution in [-0.2, 0) is 14.6 Å². The zero-order valence-corrected chi connectivity index (χ0v) is 12.2. The van der Waals surface area contributed by atoms with Gasteiger partial charge in [0, 0.05) is 13.1 Å². The number of carbonyl (C=O) groups is 1. The van der Waals surface area contributed by atoms with Crippen molar-refractivity contribution in [1.82, 2.24) is 4.90 Å². The lowest BCUT2D eigenvalue weighted by Crippen LogP contribution is -2.34. The molecule has 0 radical (unpaired) electrons. The highest BCUT2D eigenvalue weighted by Crippen LogP contribution is 2.13. The van der Waals surface area contributed by atoms with Crippen LogP contribution in [0.5, 0.6) is 0 Å². The van der Waals surface area contributed by atoms with E-state index in [0.717, 1.165) is 0 Å². The second-order valence-electron chi connectivity index (χ2n) is 4.38. The summed E-state index contributed by atoms with van der Waals surface area (Å²) in [5.41, 5.74) is 0.268. The summed E-state index contributed by atoms with van der Waals surface area (Å²) in [5.74, 6) is -1.25. The number of benzene rings is 1. The summed E-state index contributed by atoms with van der Waals surface area (Å²) >= 11 is 0. The Balaban J connectivity index is 2.81. The minimum atomic E-state index is -3.56. The Hall–Kier alpha value is -2.17. The summed E-state index contributed by atoms with van der Waals surface area (Å²) in [5, 5.41) is 17.5. The topological polar surface area (TPSA) is 98.5 Å². The third kappa shape index (κ3) is 5.38. The van der Waals surface area contributed by atoms with E-state index in [-0.39, 0.29) is 29.3 Å². The van der Waals surface area contributed by atoms with Crippen molar-refractivity contribution in [3.05, 3.63) is 42.5 Å². The molecule has 0 saturated carbocycles. The molecule has 0 aliphatic heterocycles. The molecule has 112 valence electrons. The van der Waals surface area contributed by atoms with E-state index in [1.165, 1.54) is 35.2 Å². The normalized spacial score (nSPS) is 11.0. The summed E-state index contributed by atoms with van der Waals surface area (Å²) in [6, 6.07) is 7.64. The van der Waals surface area contributed by atoms with Crippen LogP contribution in [-0.4, -0.2) is 49.8 Å². The molecule has 1 N–H and O–H groups in total. The van der Waals surface area contributed by atoms with E-state index in [2.05, 4.69) is 6.58 Å². The molecule has 0 aliphatic rings. The molecule has 7 heteroatoms. The van der Waals surface area contributed by atoms with Crippen LogP contribution in [0.2, 0.25) is 0 Å². The van der Waals surface area contributed by atoms with Gasteiger partial charge in [0.2, 0.25) is 0 Å². The molecular formula is C14H16N2O4S. The number of nitrogens with zero attached hydrogens (tertiary/aromatic N) is 2. The average Bonchev–Trinajstić information content (AvgIpc) is 2.44. The molecule has 0 fully saturated rings. The van der Waals surface area contributed by atoms with E-state index in [1.54, 1.807) is 0 Å². The van der Waals surface area contributed by atoms with E-state index in [1.807, 2.05) is 6.07 Å². The fraction of sp³-hybridized carbons (Fsp3) is 0.286.